The van der Waals surface area contributed by atoms with Gasteiger partial charge in [0.1, 0.15) is 0 Å². The van der Waals surface area contributed by atoms with E-state index in [1.54, 1.807) is 0 Å². The standard InChI is InChI=1S/C14H25N3O/c1-3-14(18,4-2)11-17-9-6-12(7-10-17)13-5-8-15-16-13/h5,8,12,18H,3-4,6-7,9-11H2,1-2H3,(H,15,16). The molecule has 102 valence electrons. The number of aliphatic hydroxyl groups is 1. The third-order valence-corrected chi connectivity index (χ3v) is 4.38. The molecule has 0 aliphatic carbocycles. The number of likely N-dealkylation sites (tertiary alicyclic amines) is 1. The molecule has 0 amide bonds. The van der Waals surface area contributed by atoms with Gasteiger partial charge in [-0.2, -0.15) is 5.10 Å². The molecule has 0 atom stereocenters. The third-order valence-electron chi connectivity index (χ3n) is 4.38. The van der Waals surface area contributed by atoms with Crippen LogP contribution in [0.3, 0.4) is 0 Å². The summed E-state index contributed by atoms with van der Waals surface area (Å²) in [6.45, 7) is 7.11. The van der Waals surface area contributed by atoms with E-state index in [2.05, 4.69) is 35.0 Å². The summed E-state index contributed by atoms with van der Waals surface area (Å²) < 4.78 is 0. The lowest BCUT2D eigenvalue weighted by molar-refractivity contribution is -0.00913. The molecule has 1 aromatic heterocycles. The van der Waals surface area contributed by atoms with Crippen LogP contribution >= 0.6 is 0 Å². The first-order valence-corrected chi connectivity index (χ1v) is 7.11. The van der Waals surface area contributed by atoms with Crippen molar-refractivity contribution in [1.29, 1.82) is 0 Å². The lowest BCUT2D eigenvalue weighted by Gasteiger charge is -2.37. The Labute approximate surface area is 109 Å². The number of β-amino-alcohol motifs (C(OH)–C–C–N with tert-alkyl or cyclic N) is 1. The zero-order valence-corrected chi connectivity index (χ0v) is 11.5. The summed E-state index contributed by atoms with van der Waals surface area (Å²) >= 11 is 0. The monoisotopic (exact) mass is 251 g/mol. The third kappa shape index (κ3) is 3.12. The topological polar surface area (TPSA) is 52.1 Å². The van der Waals surface area contributed by atoms with Gasteiger partial charge in [0, 0.05) is 24.4 Å². The van der Waals surface area contributed by atoms with Gasteiger partial charge in [0.25, 0.3) is 0 Å². The number of nitrogens with zero attached hydrogens (tertiary/aromatic N) is 2. The van der Waals surface area contributed by atoms with Crippen molar-refractivity contribution in [2.75, 3.05) is 19.6 Å². The fourth-order valence-corrected chi connectivity index (χ4v) is 2.79. The molecular formula is C14H25N3O. The molecule has 4 nitrogen and oxygen atoms in total. The molecule has 0 saturated carbocycles. The Morgan fingerprint density at radius 3 is 2.56 bits per heavy atom. The van der Waals surface area contributed by atoms with Crippen LogP contribution in [0.15, 0.2) is 12.3 Å². The van der Waals surface area contributed by atoms with Crippen molar-refractivity contribution in [3.05, 3.63) is 18.0 Å². The molecule has 4 heteroatoms. The Kier molecular flexibility index (Phi) is 4.40. The molecule has 0 spiro atoms. The minimum atomic E-state index is -0.499. The highest BCUT2D eigenvalue weighted by Crippen LogP contribution is 2.27. The van der Waals surface area contributed by atoms with Crippen LogP contribution < -0.4 is 0 Å². The smallest absolute Gasteiger partial charge is 0.0768 e. The molecule has 0 aromatic carbocycles. The van der Waals surface area contributed by atoms with Crippen molar-refractivity contribution in [2.45, 2.75) is 51.0 Å². The van der Waals surface area contributed by atoms with Crippen LogP contribution in [0.5, 0.6) is 0 Å². The summed E-state index contributed by atoms with van der Waals surface area (Å²) in [6, 6.07) is 2.08. The second-order valence-corrected chi connectivity index (χ2v) is 5.49. The minimum absolute atomic E-state index is 0.499. The molecule has 0 radical (unpaired) electrons. The molecule has 1 saturated heterocycles. The molecule has 0 unspecified atom stereocenters. The van der Waals surface area contributed by atoms with Gasteiger partial charge in [0.15, 0.2) is 0 Å². The Morgan fingerprint density at radius 1 is 1.39 bits per heavy atom. The van der Waals surface area contributed by atoms with E-state index in [0.717, 1.165) is 45.3 Å². The number of H-pyrrole nitrogens is 1. The van der Waals surface area contributed by atoms with Gasteiger partial charge in [-0.1, -0.05) is 13.8 Å². The fraction of sp³-hybridized carbons (Fsp3) is 0.786. The second kappa shape index (κ2) is 5.85. The highest BCUT2D eigenvalue weighted by atomic mass is 16.3. The maximum Gasteiger partial charge on any atom is 0.0768 e. The molecule has 1 aromatic rings. The average molecular weight is 251 g/mol. The number of hydrogen-bond donors (Lipinski definition) is 2. The van der Waals surface area contributed by atoms with Crippen LogP contribution in [0.1, 0.15) is 51.1 Å². The summed E-state index contributed by atoms with van der Waals surface area (Å²) in [5.74, 6) is 0.611. The highest BCUT2D eigenvalue weighted by Gasteiger charge is 2.28. The van der Waals surface area contributed by atoms with E-state index in [9.17, 15) is 5.11 Å². The average Bonchev–Trinajstić information content (AvgIpc) is 2.93. The van der Waals surface area contributed by atoms with Gasteiger partial charge < -0.3 is 10.0 Å². The normalized spacial score (nSPS) is 19.3. The second-order valence-electron chi connectivity index (χ2n) is 5.49. The van der Waals surface area contributed by atoms with Crippen molar-refractivity contribution in [3.63, 3.8) is 0 Å². The molecule has 1 aliphatic rings. The van der Waals surface area contributed by atoms with Crippen LogP contribution in [-0.4, -0.2) is 45.4 Å². The molecule has 18 heavy (non-hydrogen) atoms. The molecular weight excluding hydrogens is 226 g/mol. The number of nitrogens with one attached hydrogen (secondary N) is 1. The van der Waals surface area contributed by atoms with Crippen LogP contribution in [0.25, 0.3) is 0 Å². The first-order chi connectivity index (χ1) is 8.67. The fourth-order valence-electron chi connectivity index (χ4n) is 2.79. The summed E-state index contributed by atoms with van der Waals surface area (Å²) in [5, 5.41) is 17.5. The van der Waals surface area contributed by atoms with Crippen molar-refractivity contribution in [1.82, 2.24) is 15.1 Å². The van der Waals surface area contributed by atoms with Gasteiger partial charge in [0.2, 0.25) is 0 Å². The van der Waals surface area contributed by atoms with Crippen LogP contribution in [-0.2, 0) is 0 Å². The van der Waals surface area contributed by atoms with Crippen molar-refractivity contribution in [2.24, 2.45) is 0 Å². The number of aromatic amines is 1. The molecule has 2 heterocycles. The lowest BCUT2D eigenvalue weighted by atomic mass is 9.91. The van der Waals surface area contributed by atoms with Gasteiger partial charge >= 0.3 is 0 Å². The van der Waals surface area contributed by atoms with Crippen molar-refractivity contribution >= 4 is 0 Å². The number of rotatable bonds is 5. The molecule has 1 aliphatic heterocycles. The SMILES string of the molecule is CCC(O)(CC)CN1CCC(c2ccn[nH]2)CC1. The first kappa shape index (κ1) is 13.6. The van der Waals surface area contributed by atoms with Gasteiger partial charge in [-0.05, 0) is 44.8 Å². The maximum atomic E-state index is 10.4. The molecule has 2 N–H and O–H groups in total. The predicted octanol–water partition coefficient (Wildman–Crippen LogP) is 2.14. The van der Waals surface area contributed by atoms with Crippen molar-refractivity contribution in [3.8, 4) is 0 Å². The van der Waals surface area contributed by atoms with Gasteiger partial charge in [0.05, 0.1) is 5.60 Å². The Bertz CT molecular complexity index is 338. The van der Waals surface area contributed by atoms with E-state index in [-0.39, 0.29) is 0 Å². The van der Waals surface area contributed by atoms with E-state index in [1.807, 2.05) is 6.20 Å². The maximum absolute atomic E-state index is 10.4. The molecule has 0 bridgehead atoms. The van der Waals surface area contributed by atoms with Gasteiger partial charge in [-0.3, -0.25) is 5.10 Å². The predicted molar refractivity (Wildman–Crippen MR) is 72.5 cm³/mol. The lowest BCUT2D eigenvalue weighted by Crippen LogP contribution is -2.45. The zero-order chi connectivity index (χ0) is 13.0. The van der Waals surface area contributed by atoms with Crippen LogP contribution in [0.2, 0.25) is 0 Å². The highest BCUT2D eigenvalue weighted by molar-refractivity contribution is 5.07. The summed E-state index contributed by atoms with van der Waals surface area (Å²) in [4.78, 5) is 2.40. The van der Waals surface area contributed by atoms with E-state index >= 15 is 0 Å². The molecule has 2 rings (SSSR count). The zero-order valence-electron chi connectivity index (χ0n) is 11.5. The van der Waals surface area contributed by atoms with Gasteiger partial charge in [-0.15, -0.1) is 0 Å². The largest absolute Gasteiger partial charge is 0.389 e. The van der Waals surface area contributed by atoms with E-state index < -0.39 is 5.60 Å². The molecule has 1 fully saturated rings. The number of hydrogen-bond acceptors (Lipinski definition) is 3. The first-order valence-electron chi connectivity index (χ1n) is 7.11. The van der Waals surface area contributed by atoms with Crippen LogP contribution in [0, 0.1) is 0 Å². The Hall–Kier alpha value is -0.870. The summed E-state index contributed by atoms with van der Waals surface area (Å²) in [6.07, 6.45) is 5.82. The Balaban J connectivity index is 1.83. The van der Waals surface area contributed by atoms with E-state index in [1.165, 1.54) is 5.69 Å². The van der Waals surface area contributed by atoms with Crippen LogP contribution in [0.4, 0.5) is 0 Å². The summed E-state index contributed by atoms with van der Waals surface area (Å²) in [5.41, 5.74) is 0.761. The number of piperidine rings is 1. The summed E-state index contributed by atoms with van der Waals surface area (Å²) in [7, 11) is 0. The quantitative estimate of drug-likeness (QED) is 0.843. The van der Waals surface area contributed by atoms with E-state index in [4.69, 9.17) is 0 Å². The van der Waals surface area contributed by atoms with Crippen molar-refractivity contribution < 1.29 is 5.11 Å². The number of aromatic nitrogens is 2. The Morgan fingerprint density at radius 2 is 2.06 bits per heavy atom. The van der Waals surface area contributed by atoms with E-state index in [0.29, 0.717) is 5.92 Å². The van der Waals surface area contributed by atoms with Gasteiger partial charge in [-0.25, -0.2) is 0 Å². The minimum Gasteiger partial charge on any atom is -0.389 e.